The van der Waals surface area contributed by atoms with Crippen LogP contribution in [0.15, 0.2) is 36.8 Å². The summed E-state index contributed by atoms with van der Waals surface area (Å²) in [7, 11) is 1.83. The third-order valence-electron chi connectivity index (χ3n) is 4.40. The number of rotatable bonds is 8. The maximum Gasteiger partial charge on any atom is 0.222 e. The number of amides is 1. The molecule has 0 aliphatic rings. The van der Waals surface area contributed by atoms with E-state index in [2.05, 4.69) is 29.0 Å². The molecule has 1 atom stereocenters. The highest BCUT2D eigenvalue weighted by atomic mass is 16.5. The first-order valence-corrected chi connectivity index (χ1v) is 8.76. The Kier molecular flexibility index (Phi) is 6.92. The van der Waals surface area contributed by atoms with Gasteiger partial charge in [-0.05, 0) is 56.9 Å². The number of aryl methyl sites for hydroxylation is 2. The van der Waals surface area contributed by atoms with Gasteiger partial charge in [-0.25, -0.2) is 9.97 Å². The van der Waals surface area contributed by atoms with Gasteiger partial charge in [-0.3, -0.25) is 4.79 Å². The van der Waals surface area contributed by atoms with E-state index in [1.54, 1.807) is 11.1 Å². The largest absolute Gasteiger partial charge is 0.494 e. The highest BCUT2D eigenvalue weighted by molar-refractivity contribution is 5.76. The number of ether oxygens (including phenoxy) is 1. The molecule has 1 heterocycles. The van der Waals surface area contributed by atoms with Gasteiger partial charge in [-0.1, -0.05) is 12.1 Å². The van der Waals surface area contributed by atoms with Crippen molar-refractivity contribution in [3.8, 4) is 5.75 Å². The first kappa shape index (κ1) is 18.9. The van der Waals surface area contributed by atoms with Crippen molar-refractivity contribution in [1.29, 1.82) is 0 Å². The lowest BCUT2D eigenvalue weighted by Gasteiger charge is -2.24. The number of nitrogens with zero attached hydrogens (tertiary/aromatic N) is 3. The molecular formula is C20H27N3O2. The predicted molar refractivity (Wildman–Crippen MR) is 98.5 cm³/mol. The minimum Gasteiger partial charge on any atom is -0.494 e. The Morgan fingerprint density at radius 1 is 1.32 bits per heavy atom. The maximum absolute atomic E-state index is 12.4. The van der Waals surface area contributed by atoms with Crippen LogP contribution in [0.2, 0.25) is 0 Å². The van der Waals surface area contributed by atoms with Crippen LogP contribution in [0.4, 0.5) is 0 Å². The summed E-state index contributed by atoms with van der Waals surface area (Å²) in [5, 5.41) is 0. The van der Waals surface area contributed by atoms with Gasteiger partial charge < -0.3 is 9.64 Å². The minimum atomic E-state index is -0.0526. The predicted octanol–water partition coefficient (Wildman–Crippen LogP) is 3.73. The summed E-state index contributed by atoms with van der Waals surface area (Å²) < 4.78 is 5.56. The first-order valence-electron chi connectivity index (χ1n) is 8.76. The van der Waals surface area contributed by atoms with E-state index in [0.717, 1.165) is 29.8 Å². The second-order valence-corrected chi connectivity index (χ2v) is 6.20. The Morgan fingerprint density at radius 3 is 2.76 bits per heavy atom. The van der Waals surface area contributed by atoms with Gasteiger partial charge in [-0.15, -0.1) is 0 Å². The van der Waals surface area contributed by atoms with Gasteiger partial charge in [0.2, 0.25) is 5.91 Å². The molecule has 0 fully saturated rings. The van der Waals surface area contributed by atoms with E-state index in [9.17, 15) is 4.79 Å². The van der Waals surface area contributed by atoms with E-state index in [-0.39, 0.29) is 11.9 Å². The summed E-state index contributed by atoms with van der Waals surface area (Å²) in [6.45, 7) is 6.69. The molecule has 0 saturated carbocycles. The number of benzene rings is 1. The van der Waals surface area contributed by atoms with E-state index in [0.29, 0.717) is 13.0 Å². The third-order valence-corrected chi connectivity index (χ3v) is 4.40. The Morgan fingerprint density at radius 2 is 2.12 bits per heavy atom. The summed E-state index contributed by atoms with van der Waals surface area (Å²) in [6.07, 6.45) is 5.45. The topological polar surface area (TPSA) is 55.3 Å². The van der Waals surface area contributed by atoms with Gasteiger partial charge in [0.1, 0.15) is 12.1 Å². The molecule has 5 heteroatoms. The zero-order valence-corrected chi connectivity index (χ0v) is 15.5. The first-order chi connectivity index (χ1) is 12.0. The SMILES string of the molecule is CCOc1ccc(CCCC(=O)N(C)[C@@H](C)c2ccncn2)cc1C. The number of aromatic nitrogens is 2. The molecule has 1 aromatic carbocycles. The van der Waals surface area contributed by atoms with Crippen molar-refractivity contribution in [2.75, 3.05) is 13.7 Å². The number of hydrogen-bond acceptors (Lipinski definition) is 4. The molecule has 0 spiro atoms. The van der Waals surface area contributed by atoms with E-state index >= 15 is 0 Å². The monoisotopic (exact) mass is 341 g/mol. The van der Waals surface area contributed by atoms with Gasteiger partial charge in [0.25, 0.3) is 0 Å². The average Bonchev–Trinajstić information content (AvgIpc) is 2.63. The van der Waals surface area contributed by atoms with Crippen LogP contribution in [0.5, 0.6) is 5.75 Å². The normalized spacial score (nSPS) is 11.8. The molecule has 2 aromatic rings. The molecule has 0 N–H and O–H groups in total. The second-order valence-electron chi connectivity index (χ2n) is 6.20. The average molecular weight is 341 g/mol. The van der Waals surface area contributed by atoms with Crippen LogP contribution >= 0.6 is 0 Å². The van der Waals surface area contributed by atoms with Crippen molar-refractivity contribution in [3.05, 3.63) is 53.6 Å². The molecule has 2 rings (SSSR count). The van der Waals surface area contributed by atoms with Crippen LogP contribution in [0.1, 0.15) is 49.6 Å². The fourth-order valence-electron chi connectivity index (χ4n) is 2.77. The van der Waals surface area contributed by atoms with Gasteiger partial charge >= 0.3 is 0 Å². The van der Waals surface area contributed by atoms with E-state index in [4.69, 9.17) is 4.74 Å². The molecule has 25 heavy (non-hydrogen) atoms. The van der Waals surface area contributed by atoms with Gasteiger partial charge in [0, 0.05) is 19.7 Å². The Bertz CT molecular complexity index is 689. The minimum absolute atomic E-state index is 0.0526. The molecular weight excluding hydrogens is 314 g/mol. The van der Waals surface area contributed by atoms with Crippen LogP contribution in [0.25, 0.3) is 0 Å². The fourth-order valence-corrected chi connectivity index (χ4v) is 2.77. The van der Waals surface area contributed by atoms with E-state index in [1.165, 1.54) is 11.9 Å². The summed E-state index contributed by atoms with van der Waals surface area (Å²) in [4.78, 5) is 22.3. The molecule has 1 aromatic heterocycles. The molecule has 5 nitrogen and oxygen atoms in total. The highest BCUT2D eigenvalue weighted by Gasteiger charge is 2.17. The lowest BCUT2D eigenvalue weighted by Crippen LogP contribution is -2.30. The van der Waals surface area contributed by atoms with Crippen LogP contribution in [-0.4, -0.2) is 34.4 Å². The zero-order valence-electron chi connectivity index (χ0n) is 15.5. The molecule has 0 aliphatic heterocycles. The Balaban J connectivity index is 1.84. The Labute approximate surface area is 150 Å². The van der Waals surface area contributed by atoms with Gasteiger partial charge in [0.15, 0.2) is 0 Å². The maximum atomic E-state index is 12.4. The quantitative estimate of drug-likeness (QED) is 0.734. The number of hydrogen-bond donors (Lipinski definition) is 0. The van der Waals surface area contributed by atoms with Crippen molar-refractivity contribution < 1.29 is 9.53 Å². The lowest BCUT2D eigenvalue weighted by molar-refractivity contribution is -0.132. The van der Waals surface area contributed by atoms with Crippen LogP contribution < -0.4 is 4.74 Å². The van der Waals surface area contributed by atoms with Crippen molar-refractivity contribution >= 4 is 5.91 Å². The van der Waals surface area contributed by atoms with Gasteiger partial charge in [0.05, 0.1) is 18.3 Å². The smallest absolute Gasteiger partial charge is 0.222 e. The molecule has 1 amide bonds. The van der Waals surface area contributed by atoms with E-state index < -0.39 is 0 Å². The molecule has 0 bridgehead atoms. The molecule has 0 unspecified atom stereocenters. The van der Waals surface area contributed by atoms with Crippen molar-refractivity contribution in [1.82, 2.24) is 14.9 Å². The standard InChI is InChI=1S/C20H27N3O2/c1-5-25-19-10-9-17(13-15(19)2)7-6-8-20(24)23(4)16(3)18-11-12-21-14-22-18/h9-14,16H,5-8H2,1-4H3/t16-/m0/s1. The molecule has 0 radical (unpaired) electrons. The molecule has 0 saturated heterocycles. The van der Waals surface area contributed by atoms with Crippen LogP contribution in [0.3, 0.4) is 0 Å². The highest BCUT2D eigenvalue weighted by Crippen LogP contribution is 2.21. The van der Waals surface area contributed by atoms with Crippen molar-refractivity contribution in [3.63, 3.8) is 0 Å². The summed E-state index contributed by atoms with van der Waals surface area (Å²) >= 11 is 0. The van der Waals surface area contributed by atoms with Crippen molar-refractivity contribution in [2.24, 2.45) is 0 Å². The molecule has 0 aliphatic carbocycles. The Hall–Kier alpha value is -2.43. The fraction of sp³-hybridized carbons (Fsp3) is 0.450. The number of carbonyl (C=O) groups is 1. The third kappa shape index (κ3) is 5.28. The number of carbonyl (C=O) groups excluding carboxylic acids is 1. The summed E-state index contributed by atoms with van der Waals surface area (Å²) in [5.41, 5.74) is 3.23. The summed E-state index contributed by atoms with van der Waals surface area (Å²) in [5.74, 6) is 1.06. The zero-order chi connectivity index (χ0) is 18.2. The van der Waals surface area contributed by atoms with E-state index in [1.807, 2.05) is 33.0 Å². The van der Waals surface area contributed by atoms with Crippen LogP contribution in [0, 0.1) is 6.92 Å². The van der Waals surface area contributed by atoms with Crippen LogP contribution in [-0.2, 0) is 11.2 Å². The molecule has 134 valence electrons. The summed E-state index contributed by atoms with van der Waals surface area (Å²) in [6, 6.07) is 8.03. The lowest BCUT2D eigenvalue weighted by atomic mass is 10.0. The second kappa shape index (κ2) is 9.16. The van der Waals surface area contributed by atoms with Gasteiger partial charge in [-0.2, -0.15) is 0 Å². The van der Waals surface area contributed by atoms with Crippen molar-refractivity contribution in [2.45, 2.75) is 46.1 Å².